The van der Waals surface area contributed by atoms with Crippen LogP contribution >= 0.6 is 0 Å². The SMILES string of the molecule is CCc1c2c(nc3cc4c(cc13)OCO4)-c1cc3c(c(=O)n1C2)COC(=O)[C@]3(O)CC. The van der Waals surface area contributed by atoms with Crippen LogP contribution in [0.3, 0.4) is 0 Å². The Bertz CT molecular complexity index is 1380. The van der Waals surface area contributed by atoms with E-state index in [1.54, 1.807) is 17.6 Å². The van der Waals surface area contributed by atoms with E-state index >= 15 is 0 Å². The van der Waals surface area contributed by atoms with Crippen LogP contribution in [0.4, 0.5) is 0 Å². The molecule has 1 aromatic carbocycles. The molecule has 3 aliphatic rings. The van der Waals surface area contributed by atoms with Crippen molar-refractivity contribution in [1.29, 1.82) is 0 Å². The molecule has 0 unspecified atom stereocenters. The van der Waals surface area contributed by atoms with Crippen LogP contribution in [0.1, 0.15) is 42.5 Å². The average molecular weight is 420 g/mol. The fourth-order valence-corrected chi connectivity index (χ4v) is 4.96. The van der Waals surface area contributed by atoms with Crippen molar-refractivity contribution in [2.24, 2.45) is 0 Å². The van der Waals surface area contributed by atoms with Crippen molar-refractivity contribution in [3.8, 4) is 22.9 Å². The van der Waals surface area contributed by atoms with Crippen molar-refractivity contribution in [3.05, 3.63) is 50.8 Å². The van der Waals surface area contributed by atoms with Crippen LogP contribution in [-0.2, 0) is 34.7 Å². The van der Waals surface area contributed by atoms with Crippen LogP contribution in [0.15, 0.2) is 23.0 Å². The third kappa shape index (κ3) is 2.25. The lowest BCUT2D eigenvalue weighted by Gasteiger charge is -2.31. The number of pyridine rings is 2. The number of carbonyl (C=O) groups is 1. The number of rotatable bonds is 2. The van der Waals surface area contributed by atoms with E-state index in [4.69, 9.17) is 19.2 Å². The minimum Gasteiger partial charge on any atom is -0.458 e. The number of esters is 1. The van der Waals surface area contributed by atoms with Crippen molar-refractivity contribution in [1.82, 2.24) is 9.55 Å². The van der Waals surface area contributed by atoms with Gasteiger partial charge in [-0.05, 0) is 30.5 Å². The molecular weight excluding hydrogens is 400 g/mol. The molecule has 1 atom stereocenters. The van der Waals surface area contributed by atoms with E-state index in [0.717, 1.165) is 28.5 Å². The topological polar surface area (TPSA) is 99.9 Å². The van der Waals surface area contributed by atoms with Gasteiger partial charge >= 0.3 is 5.97 Å². The number of carbonyl (C=O) groups excluding carboxylic acids is 1. The number of benzene rings is 1. The van der Waals surface area contributed by atoms with Gasteiger partial charge < -0.3 is 23.9 Å². The highest BCUT2D eigenvalue weighted by molar-refractivity contribution is 5.91. The highest BCUT2D eigenvalue weighted by Gasteiger charge is 2.45. The molecule has 0 radical (unpaired) electrons. The predicted molar refractivity (Wildman–Crippen MR) is 110 cm³/mol. The Labute approximate surface area is 177 Å². The molecule has 3 aliphatic heterocycles. The van der Waals surface area contributed by atoms with E-state index in [0.29, 0.717) is 40.6 Å². The summed E-state index contributed by atoms with van der Waals surface area (Å²) in [5, 5.41) is 12.0. The quantitative estimate of drug-likeness (QED) is 0.497. The van der Waals surface area contributed by atoms with Crippen LogP contribution in [0.5, 0.6) is 11.5 Å². The Morgan fingerprint density at radius 3 is 2.61 bits per heavy atom. The molecule has 2 aromatic heterocycles. The van der Waals surface area contributed by atoms with Gasteiger partial charge in [0.1, 0.15) is 6.61 Å². The van der Waals surface area contributed by atoms with E-state index < -0.39 is 11.6 Å². The molecule has 3 aromatic rings. The maximum atomic E-state index is 13.3. The predicted octanol–water partition coefficient (Wildman–Crippen LogP) is 2.37. The Morgan fingerprint density at radius 2 is 1.87 bits per heavy atom. The molecule has 158 valence electrons. The Kier molecular flexibility index (Phi) is 3.60. The third-order valence-corrected chi connectivity index (χ3v) is 6.65. The molecular formula is C23H20N2O6. The second kappa shape index (κ2) is 6.07. The van der Waals surface area contributed by atoms with Crippen molar-refractivity contribution in [2.75, 3.05) is 6.79 Å². The van der Waals surface area contributed by atoms with Crippen LogP contribution < -0.4 is 15.0 Å². The lowest BCUT2D eigenvalue weighted by Crippen LogP contribution is -2.44. The molecule has 0 fully saturated rings. The zero-order valence-electron chi connectivity index (χ0n) is 17.2. The maximum Gasteiger partial charge on any atom is 0.343 e. The van der Waals surface area contributed by atoms with Crippen molar-refractivity contribution in [2.45, 2.75) is 45.4 Å². The third-order valence-electron chi connectivity index (χ3n) is 6.65. The first kappa shape index (κ1) is 18.4. The van der Waals surface area contributed by atoms with E-state index in [-0.39, 0.29) is 25.4 Å². The number of aliphatic hydroxyl groups is 1. The van der Waals surface area contributed by atoms with Crippen LogP contribution in [-0.4, -0.2) is 27.4 Å². The van der Waals surface area contributed by atoms with Gasteiger partial charge in [0.15, 0.2) is 17.1 Å². The number of nitrogens with zero attached hydrogens (tertiary/aromatic N) is 2. The van der Waals surface area contributed by atoms with Crippen molar-refractivity contribution >= 4 is 16.9 Å². The van der Waals surface area contributed by atoms with Crippen LogP contribution in [0.25, 0.3) is 22.3 Å². The van der Waals surface area contributed by atoms with Crippen LogP contribution in [0.2, 0.25) is 0 Å². The molecule has 1 N–H and O–H groups in total. The maximum absolute atomic E-state index is 13.3. The standard InChI is InChI=1S/C23H20N2O6/c1-3-11-12-5-18-19(31-10-30-18)7-16(12)24-20-13(11)8-25-17(20)6-15-14(21(25)26)9-29-22(27)23(15,28)4-2/h5-7,28H,3-4,8-10H2,1-2H3/t23-/m0/s1. The van der Waals surface area contributed by atoms with E-state index in [9.17, 15) is 14.7 Å². The molecule has 8 nitrogen and oxygen atoms in total. The summed E-state index contributed by atoms with van der Waals surface area (Å²) in [5.41, 5.74) is 2.67. The van der Waals surface area contributed by atoms with Gasteiger partial charge in [-0.3, -0.25) is 4.79 Å². The molecule has 5 heterocycles. The minimum atomic E-state index is -1.83. The molecule has 31 heavy (non-hydrogen) atoms. The van der Waals surface area contributed by atoms with Crippen molar-refractivity contribution < 1.29 is 24.1 Å². The van der Waals surface area contributed by atoms with E-state index in [1.807, 2.05) is 12.1 Å². The van der Waals surface area contributed by atoms with Gasteiger partial charge in [0.2, 0.25) is 6.79 Å². The Balaban J connectivity index is 1.65. The highest BCUT2D eigenvalue weighted by Crippen LogP contribution is 2.43. The Morgan fingerprint density at radius 1 is 1.10 bits per heavy atom. The summed E-state index contributed by atoms with van der Waals surface area (Å²) >= 11 is 0. The summed E-state index contributed by atoms with van der Waals surface area (Å²) in [5.74, 6) is 0.611. The van der Waals surface area contributed by atoms with Gasteiger partial charge in [-0.15, -0.1) is 0 Å². The largest absolute Gasteiger partial charge is 0.458 e. The zero-order chi connectivity index (χ0) is 21.5. The second-order valence-corrected chi connectivity index (χ2v) is 8.10. The number of aromatic nitrogens is 2. The number of ether oxygens (including phenoxy) is 3. The van der Waals surface area contributed by atoms with E-state index in [2.05, 4.69) is 6.92 Å². The van der Waals surface area contributed by atoms with E-state index in [1.165, 1.54) is 0 Å². The summed E-state index contributed by atoms with van der Waals surface area (Å²) in [4.78, 5) is 30.5. The number of hydrogen-bond donors (Lipinski definition) is 1. The molecule has 0 amide bonds. The molecule has 0 saturated heterocycles. The van der Waals surface area contributed by atoms with Gasteiger partial charge in [-0.2, -0.15) is 0 Å². The first-order valence-corrected chi connectivity index (χ1v) is 10.4. The smallest absolute Gasteiger partial charge is 0.343 e. The Hall–Kier alpha value is -3.39. The average Bonchev–Trinajstić information content (AvgIpc) is 3.38. The highest BCUT2D eigenvalue weighted by atomic mass is 16.7. The molecule has 0 saturated carbocycles. The molecule has 8 heteroatoms. The minimum absolute atomic E-state index is 0.115. The summed E-state index contributed by atoms with van der Waals surface area (Å²) in [6, 6.07) is 5.54. The summed E-state index contributed by atoms with van der Waals surface area (Å²) in [6.07, 6.45) is 0.868. The van der Waals surface area contributed by atoms with Gasteiger partial charge in [-0.1, -0.05) is 13.8 Å². The fourth-order valence-electron chi connectivity index (χ4n) is 4.96. The summed E-state index contributed by atoms with van der Waals surface area (Å²) in [6.45, 7) is 4.19. The lowest BCUT2D eigenvalue weighted by atomic mass is 9.86. The molecule has 0 aliphatic carbocycles. The summed E-state index contributed by atoms with van der Waals surface area (Å²) in [7, 11) is 0. The van der Waals surface area contributed by atoms with Gasteiger partial charge in [0, 0.05) is 22.6 Å². The number of cyclic esters (lactones) is 1. The molecule has 0 bridgehead atoms. The molecule has 6 rings (SSSR count). The zero-order valence-corrected chi connectivity index (χ0v) is 17.2. The normalized spacial score (nSPS) is 20.4. The van der Waals surface area contributed by atoms with Gasteiger partial charge in [-0.25, -0.2) is 9.78 Å². The number of hydrogen-bond acceptors (Lipinski definition) is 7. The number of fused-ring (bicyclic) bond motifs is 6. The van der Waals surface area contributed by atoms with Crippen molar-refractivity contribution in [3.63, 3.8) is 0 Å². The summed E-state index contributed by atoms with van der Waals surface area (Å²) < 4.78 is 17.8. The van der Waals surface area contributed by atoms with Gasteiger partial charge in [0.05, 0.1) is 29.0 Å². The number of aryl methyl sites for hydroxylation is 1. The van der Waals surface area contributed by atoms with Gasteiger partial charge in [0.25, 0.3) is 5.56 Å². The first-order valence-electron chi connectivity index (χ1n) is 10.4. The lowest BCUT2D eigenvalue weighted by molar-refractivity contribution is -0.172. The first-order chi connectivity index (χ1) is 15.0. The molecule has 0 spiro atoms. The van der Waals surface area contributed by atoms with Crippen LogP contribution in [0, 0.1) is 0 Å². The second-order valence-electron chi connectivity index (χ2n) is 8.10. The fraction of sp³-hybridized carbons (Fsp3) is 0.348. The monoisotopic (exact) mass is 420 g/mol.